The second kappa shape index (κ2) is 5.50. The summed E-state index contributed by atoms with van der Waals surface area (Å²) in [6.07, 6.45) is 6.16. The molecule has 1 unspecified atom stereocenters. The summed E-state index contributed by atoms with van der Waals surface area (Å²) in [6.45, 7) is 0. The minimum Gasteiger partial charge on any atom is -0.308 e. The lowest BCUT2D eigenvalue weighted by Crippen LogP contribution is -2.27. The Morgan fingerprint density at radius 2 is 2.31 bits per heavy atom. The number of thioether (sulfide) groups is 1. The van der Waals surface area contributed by atoms with Crippen LogP contribution in [0.4, 0.5) is 5.82 Å². The molecule has 6 heteroatoms. The van der Waals surface area contributed by atoms with Crippen molar-refractivity contribution >= 4 is 35.1 Å². The summed E-state index contributed by atoms with van der Waals surface area (Å²) in [5.74, 6) is 1.53. The summed E-state index contributed by atoms with van der Waals surface area (Å²) >= 11 is 7.31. The number of hydrogen-bond acceptors (Lipinski definition) is 4. The van der Waals surface area contributed by atoms with Crippen molar-refractivity contribution in [3.8, 4) is 0 Å². The van der Waals surface area contributed by atoms with Crippen LogP contribution in [0.5, 0.6) is 0 Å². The number of nitrogens with one attached hydrogen (secondary N) is 1. The Bertz CT molecular complexity index is 365. The normalized spacial score (nSPS) is 20.4. The SMILES string of the molecule is O=C(Nc1cnc(Cl)cn1)C1CCCCS1. The molecule has 1 aliphatic heterocycles. The number of rotatable bonds is 2. The van der Waals surface area contributed by atoms with E-state index in [2.05, 4.69) is 15.3 Å². The number of hydrogen-bond donors (Lipinski definition) is 1. The fraction of sp³-hybridized carbons (Fsp3) is 0.500. The smallest absolute Gasteiger partial charge is 0.238 e. The Hall–Kier alpha value is -0.810. The first-order valence-corrected chi connectivity index (χ1v) is 6.58. The molecule has 1 aromatic rings. The number of nitrogens with zero attached hydrogens (tertiary/aromatic N) is 2. The molecular weight excluding hydrogens is 246 g/mol. The first kappa shape index (κ1) is 11.7. The van der Waals surface area contributed by atoms with Gasteiger partial charge in [-0.3, -0.25) is 4.79 Å². The van der Waals surface area contributed by atoms with Crippen molar-refractivity contribution in [2.24, 2.45) is 0 Å². The maximum absolute atomic E-state index is 11.8. The molecule has 1 N–H and O–H groups in total. The summed E-state index contributed by atoms with van der Waals surface area (Å²) in [7, 11) is 0. The maximum atomic E-state index is 11.8. The molecule has 0 radical (unpaired) electrons. The average molecular weight is 258 g/mol. The lowest BCUT2D eigenvalue weighted by Gasteiger charge is -2.19. The summed E-state index contributed by atoms with van der Waals surface area (Å²) in [6, 6.07) is 0. The number of aromatic nitrogens is 2. The fourth-order valence-electron chi connectivity index (χ4n) is 1.53. The first-order chi connectivity index (χ1) is 7.75. The Kier molecular flexibility index (Phi) is 4.01. The van der Waals surface area contributed by atoms with Crippen LogP contribution in [-0.2, 0) is 4.79 Å². The highest BCUT2D eigenvalue weighted by molar-refractivity contribution is 8.00. The molecule has 0 saturated carbocycles. The average Bonchev–Trinajstić information content (AvgIpc) is 2.33. The van der Waals surface area contributed by atoms with Gasteiger partial charge in [0.05, 0.1) is 17.6 Å². The third-order valence-corrected chi connectivity index (χ3v) is 3.92. The Balaban J connectivity index is 1.93. The molecule has 1 atom stereocenters. The van der Waals surface area contributed by atoms with Crippen LogP contribution in [0.15, 0.2) is 12.4 Å². The van der Waals surface area contributed by atoms with E-state index in [4.69, 9.17) is 11.6 Å². The van der Waals surface area contributed by atoms with E-state index in [1.54, 1.807) is 11.8 Å². The monoisotopic (exact) mass is 257 g/mol. The zero-order valence-corrected chi connectivity index (χ0v) is 10.2. The van der Waals surface area contributed by atoms with E-state index >= 15 is 0 Å². The second-order valence-electron chi connectivity index (χ2n) is 3.57. The highest BCUT2D eigenvalue weighted by Gasteiger charge is 2.21. The highest BCUT2D eigenvalue weighted by atomic mass is 35.5. The van der Waals surface area contributed by atoms with Crippen molar-refractivity contribution in [3.63, 3.8) is 0 Å². The second-order valence-corrected chi connectivity index (χ2v) is 5.27. The van der Waals surface area contributed by atoms with Crippen molar-refractivity contribution < 1.29 is 4.79 Å². The van der Waals surface area contributed by atoms with E-state index in [0.29, 0.717) is 11.0 Å². The molecule has 1 saturated heterocycles. The van der Waals surface area contributed by atoms with E-state index in [-0.39, 0.29) is 11.2 Å². The molecule has 1 aliphatic rings. The molecule has 1 amide bonds. The van der Waals surface area contributed by atoms with Crippen LogP contribution in [0.3, 0.4) is 0 Å². The fourth-order valence-corrected chi connectivity index (χ4v) is 2.83. The lowest BCUT2D eigenvalue weighted by atomic mass is 10.2. The van der Waals surface area contributed by atoms with Gasteiger partial charge >= 0.3 is 0 Å². The molecule has 16 heavy (non-hydrogen) atoms. The molecule has 1 fully saturated rings. The van der Waals surface area contributed by atoms with E-state index in [9.17, 15) is 4.79 Å². The van der Waals surface area contributed by atoms with Gasteiger partial charge in [0, 0.05) is 0 Å². The summed E-state index contributed by atoms with van der Waals surface area (Å²) in [5.41, 5.74) is 0. The third kappa shape index (κ3) is 3.09. The summed E-state index contributed by atoms with van der Waals surface area (Å²) < 4.78 is 0. The van der Waals surface area contributed by atoms with Crippen molar-refractivity contribution in [2.45, 2.75) is 24.5 Å². The van der Waals surface area contributed by atoms with Gasteiger partial charge in [-0.15, -0.1) is 11.8 Å². The molecule has 2 heterocycles. The lowest BCUT2D eigenvalue weighted by molar-refractivity contribution is -0.115. The van der Waals surface area contributed by atoms with E-state index in [1.807, 2.05) is 0 Å². The van der Waals surface area contributed by atoms with E-state index in [0.717, 1.165) is 18.6 Å². The maximum Gasteiger partial charge on any atom is 0.238 e. The topological polar surface area (TPSA) is 54.9 Å². The molecule has 86 valence electrons. The number of carbonyl (C=O) groups excluding carboxylic acids is 1. The van der Waals surface area contributed by atoms with Crippen LogP contribution in [0.1, 0.15) is 19.3 Å². The van der Waals surface area contributed by atoms with Gasteiger partial charge in [-0.1, -0.05) is 18.0 Å². The molecule has 0 aromatic carbocycles. The van der Waals surface area contributed by atoms with Gasteiger partial charge in [-0.2, -0.15) is 0 Å². The Morgan fingerprint density at radius 1 is 1.44 bits per heavy atom. The Labute approximate surface area is 103 Å². The zero-order chi connectivity index (χ0) is 11.4. The van der Waals surface area contributed by atoms with Crippen molar-refractivity contribution in [1.29, 1.82) is 0 Å². The van der Waals surface area contributed by atoms with Crippen molar-refractivity contribution in [3.05, 3.63) is 17.5 Å². The minimum absolute atomic E-state index is 0.0151. The highest BCUT2D eigenvalue weighted by Crippen LogP contribution is 2.25. The van der Waals surface area contributed by atoms with Crippen LogP contribution in [0, 0.1) is 0 Å². The van der Waals surface area contributed by atoms with Crippen LogP contribution in [0.2, 0.25) is 5.15 Å². The van der Waals surface area contributed by atoms with Crippen molar-refractivity contribution in [1.82, 2.24) is 9.97 Å². The van der Waals surface area contributed by atoms with Crippen LogP contribution in [-0.4, -0.2) is 26.9 Å². The standard InChI is InChI=1S/C10H12ClN3OS/c11-8-5-13-9(6-12-8)14-10(15)7-3-1-2-4-16-7/h5-7H,1-4H2,(H,13,14,15). The number of amides is 1. The molecule has 0 spiro atoms. The molecule has 0 bridgehead atoms. The third-order valence-electron chi connectivity index (χ3n) is 2.34. The summed E-state index contributed by atoms with van der Waals surface area (Å²) in [4.78, 5) is 19.7. The molecule has 2 rings (SSSR count). The molecule has 1 aromatic heterocycles. The minimum atomic E-state index is 0.0151. The van der Waals surface area contributed by atoms with Crippen LogP contribution >= 0.6 is 23.4 Å². The predicted octanol–water partition coefficient (Wildman–Crippen LogP) is 2.35. The van der Waals surface area contributed by atoms with Gasteiger partial charge < -0.3 is 5.32 Å². The van der Waals surface area contributed by atoms with Gasteiger partial charge in [0.1, 0.15) is 5.15 Å². The number of carbonyl (C=O) groups is 1. The zero-order valence-electron chi connectivity index (χ0n) is 8.65. The van der Waals surface area contributed by atoms with Crippen molar-refractivity contribution in [2.75, 3.05) is 11.1 Å². The molecule has 0 aliphatic carbocycles. The predicted molar refractivity (Wildman–Crippen MR) is 65.8 cm³/mol. The number of halogens is 1. The van der Waals surface area contributed by atoms with Gasteiger partial charge in [0.2, 0.25) is 5.91 Å². The van der Waals surface area contributed by atoms with Crippen LogP contribution in [0.25, 0.3) is 0 Å². The van der Waals surface area contributed by atoms with Crippen LogP contribution < -0.4 is 5.32 Å². The Morgan fingerprint density at radius 3 is 2.94 bits per heavy atom. The van der Waals surface area contributed by atoms with Gasteiger partial charge in [0.15, 0.2) is 5.82 Å². The van der Waals surface area contributed by atoms with Gasteiger partial charge in [-0.25, -0.2) is 9.97 Å². The largest absolute Gasteiger partial charge is 0.308 e. The van der Waals surface area contributed by atoms with E-state index < -0.39 is 0 Å². The van der Waals surface area contributed by atoms with Gasteiger partial charge in [-0.05, 0) is 18.6 Å². The molecule has 4 nitrogen and oxygen atoms in total. The first-order valence-electron chi connectivity index (χ1n) is 5.16. The summed E-state index contributed by atoms with van der Waals surface area (Å²) in [5, 5.41) is 3.12. The van der Waals surface area contributed by atoms with Gasteiger partial charge in [0.25, 0.3) is 0 Å². The quantitative estimate of drug-likeness (QED) is 0.884. The van der Waals surface area contributed by atoms with E-state index in [1.165, 1.54) is 18.8 Å². The number of anilines is 1. The molecular formula is C10H12ClN3OS.